The van der Waals surface area contributed by atoms with E-state index in [1.165, 1.54) is 14.2 Å². The number of methoxy groups -OCH3 is 2. The zero-order chi connectivity index (χ0) is 19.0. The van der Waals surface area contributed by atoms with E-state index in [1.807, 2.05) is 30.3 Å². The lowest BCUT2D eigenvalue weighted by Crippen LogP contribution is -2.01. The van der Waals surface area contributed by atoms with Crippen LogP contribution in [0.4, 0.5) is 0 Å². The second kappa shape index (κ2) is 6.60. The number of hydrogen-bond donors (Lipinski definition) is 2. The molecule has 27 heavy (non-hydrogen) atoms. The van der Waals surface area contributed by atoms with E-state index in [-0.39, 0.29) is 12.5 Å². The minimum Gasteiger partial charge on any atom is -0.493 e. The summed E-state index contributed by atoms with van der Waals surface area (Å²) in [7, 11) is 3.02. The van der Waals surface area contributed by atoms with Crippen molar-refractivity contribution in [3.63, 3.8) is 0 Å². The first kappa shape index (κ1) is 16.8. The minimum absolute atomic E-state index is 0.0377. The zero-order valence-corrected chi connectivity index (χ0v) is 14.7. The van der Waals surface area contributed by atoms with E-state index in [0.29, 0.717) is 34.1 Å². The van der Waals surface area contributed by atoms with Crippen LogP contribution in [-0.4, -0.2) is 37.1 Å². The summed E-state index contributed by atoms with van der Waals surface area (Å²) in [4.78, 5) is 14.7. The van der Waals surface area contributed by atoms with Gasteiger partial charge in [0.05, 0.1) is 14.2 Å². The molecule has 0 bridgehead atoms. The number of aromatic amines is 1. The average Bonchev–Trinajstić information content (AvgIpc) is 3.34. The van der Waals surface area contributed by atoms with Crippen molar-refractivity contribution in [2.75, 3.05) is 21.0 Å². The monoisotopic (exact) mass is 367 g/mol. The third-order valence-electron chi connectivity index (χ3n) is 4.44. The quantitative estimate of drug-likeness (QED) is 0.713. The first-order chi connectivity index (χ1) is 13.2. The van der Waals surface area contributed by atoms with Gasteiger partial charge < -0.3 is 29.0 Å². The van der Waals surface area contributed by atoms with Crippen LogP contribution in [0.2, 0.25) is 0 Å². The fourth-order valence-electron chi connectivity index (χ4n) is 3.27. The van der Waals surface area contributed by atoms with Gasteiger partial charge >= 0.3 is 5.97 Å². The third-order valence-corrected chi connectivity index (χ3v) is 4.44. The van der Waals surface area contributed by atoms with Crippen molar-refractivity contribution < 1.29 is 28.8 Å². The first-order valence-electron chi connectivity index (χ1n) is 8.20. The van der Waals surface area contributed by atoms with Gasteiger partial charge in [-0.25, -0.2) is 4.79 Å². The van der Waals surface area contributed by atoms with E-state index in [1.54, 1.807) is 12.3 Å². The van der Waals surface area contributed by atoms with Crippen LogP contribution in [0.5, 0.6) is 23.0 Å². The molecule has 0 amide bonds. The van der Waals surface area contributed by atoms with Crippen molar-refractivity contribution in [1.29, 1.82) is 0 Å². The molecule has 0 saturated carbocycles. The number of aromatic carboxylic acids is 1. The highest BCUT2D eigenvalue weighted by molar-refractivity contribution is 6.02. The Balaban J connectivity index is 2.04. The van der Waals surface area contributed by atoms with Crippen LogP contribution in [0.3, 0.4) is 0 Å². The van der Waals surface area contributed by atoms with Gasteiger partial charge in [0.1, 0.15) is 5.69 Å². The Kier molecular flexibility index (Phi) is 4.12. The number of rotatable bonds is 5. The van der Waals surface area contributed by atoms with Gasteiger partial charge in [0.15, 0.2) is 11.5 Å². The SMILES string of the molecule is COc1cc(-c2c(-c3ccccc3)c[nH]c2C(=O)O)c(OC)c2c1OCO2. The van der Waals surface area contributed by atoms with E-state index in [9.17, 15) is 9.90 Å². The molecule has 7 nitrogen and oxygen atoms in total. The average molecular weight is 367 g/mol. The van der Waals surface area contributed by atoms with Crippen LogP contribution in [0.15, 0.2) is 42.6 Å². The van der Waals surface area contributed by atoms with Crippen molar-refractivity contribution in [2.45, 2.75) is 0 Å². The van der Waals surface area contributed by atoms with Crippen LogP contribution in [0.25, 0.3) is 22.3 Å². The summed E-state index contributed by atoms with van der Waals surface area (Å²) in [5.74, 6) is 0.582. The second-order valence-corrected chi connectivity index (χ2v) is 5.85. The third kappa shape index (κ3) is 2.64. The largest absolute Gasteiger partial charge is 0.493 e. The van der Waals surface area contributed by atoms with Crippen LogP contribution < -0.4 is 18.9 Å². The van der Waals surface area contributed by atoms with Crippen molar-refractivity contribution in [2.24, 2.45) is 0 Å². The number of ether oxygens (including phenoxy) is 4. The van der Waals surface area contributed by atoms with E-state index < -0.39 is 5.97 Å². The summed E-state index contributed by atoms with van der Waals surface area (Å²) in [5, 5.41) is 9.71. The normalized spacial score (nSPS) is 12.1. The molecule has 1 aliphatic heterocycles. The Morgan fingerprint density at radius 3 is 2.48 bits per heavy atom. The van der Waals surface area contributed by atoms with Gasteiger partial charge in [-0.15, -0.1) is 0 Å². The highest BCUT2D eigenvalue weighted by Gasteiger charge is 2.31. The summed E-state index contributed by atoms with van der Waals surface area (Å²) in [6.45, 7) is 0.0377. The Morgan fingerprint density at radius 1 is 1.07 bits per heavy atom. The standard InChI is InChI=1S/C20H17NO6/c1-24-14-8-12(17(25-2)19-18(14)26-10-27-19)15-13(9-21-16(15)20(22)23)11-6-4-3-5-7-11/h3-9,21H,10H2,1-2H3,(H,22,23). The number of fused-ring (bicyclic) bond motifs is 1. The Hall–Kier alpha value is -3.61. The maximum atomic E-state index is 11.9. The molecule has 0 unspecified atom stereocenters. The van der Waals surface area contributed by atoms with Gasteiger partial charge in [-0.2, -0.15) is 0 Å². The number of benzene rings is 2. The summed E-state index contributed by atoms with van der Waals surface area (Å²) in [6.07, 6.45) is 1.67. The number of carboxylic acid groups (broad SMARTS) is 1. The van der Waals surface area contributed by atoms with E-state index in [0.717, 1.165) is 11.1 Å². The van der Waals surface area contributed by atoms with E-state index in [4.69, 9.17) is 18.9 Å². The lowest BCUT2D eigenvalue weighted by Gasteiger charge is -2.15. The van der Waals surface area contributed by atoms with Crippen molar-refractivity contribution in [3.05, 3.63) is 48.3 Å². The predicted molar refractivity (Wildman–Crippen MR) is 97.9 cm³/mol. The molecule has 2 N–H and O–H groups in total. The Morgan fingerprint density at radius 2 is 1.81 bits per heavy atom. The van der Waals surface area contributed by atoms with Gasteiger partial charge in [0, 0.05) is 22.9 Å². The molecule has 1 aliphatic rings. The van der Waals surface area contributed by atoms with Crippen molar-refractivity contribution >= 4 is 5.97 Å². The Labute approximate surface area is 155 Å². The smallest absolute Gasteiger partial charge is 0.352 e. The molecule has 0 fully saturated rings. The highest BCUT2D eigenvalue weighted by Crippen LogP contribution is 2.54. The van der Waals surface area contributed by atoms with Crippen molar-refractivity contribution in [1.82, 2.24) is 4.98 Å². The lowest BCUT2D eigenvalue weighted by atomic mass is 9.95. The molecule has 4 rings (SSSR count). The highest BCUT2D eigenvalue weighted by atomic mass is 16.7. The van der Waals surface area contributed by atoms with Gasteiger partial charge in [0.25, 0.3) is 0 Å². The minimum atomic E-state index is -1.08. The number of hydrogen-bond acceptors (Lipinski definition) is 5. The van der Waals surface area contributed by atoms with Crippen LogP contribution in [-0.2, 0) is 0 Å². The zero-order valence-electron chi connectivity index (χ0n) is 14.7. The second-order valence-electron chi connectivity index (χ2n) is 5.85. The van der Waals surface area contributed by atoms with Gasteiger partial charge in [-0.05, 0) is 11.6 Å². The molecule has 0 aliphatic carbocycles. The Bertz CT molecular complexity index is 1010. The maximum absolute atomic E-state index is 11.9. The molecular formula is C20H17NO6. The molecule has 138 valence electrons. The number of H-pyrrole nitrogens is 1. The van der Waals surface area contributed by atoms with Gasteiger partial charge in [-0.3, -0.25) is 0 Å². The van der Waals surface area contributed by atoms with Gasteiger partial charge in [0.2, 0.25) is 18.3 Å². The molecule has 2 heterocycles. The summed E-state index contributed by atoms with van der Waals surface area (Å²) in [6, 6.07) is 11.2. The summed E-state index contributed by atoms with van der Waals surface area (Å²) >= 11 is 0. The van der Waals surface area contributed by atoms with E-state index >= 15 is 0 Å². The molecule has 3 aromatic rings. The topological polar surface area (TPSA) is 90.0 Å². The first-order valence-corrected chi connectivity index (χ1v) is 8.20. The van der Waals surface area contributed by atoms with Crippen LogP contribution in [0.1, 0.15) is 10.5 Å². The lowest BCUT2D eigenvalue weighted by molar-refractivity contribution is 0.0692. The molecular weight excluding hydrogens is 350 g/mol. The maximum Gasteiger partial charge on any atom is 0.352 e. The predicted octanol–water partition coefficient (Wildman–Crippen LogP) is 3.79. The number of aromatic nitrogens is 1. The number of carbonyl (C=O) groups is 1. The van der Waals surface area contributed by atoms with Crippen molar-refractivity contribution in [3.8, 4) is 45.3 Å². The molecule has 0 saturated heterocycles. The number of carboxylic acids is 1. The molecule has 0 spiro atoms. The summed E-state index contributed by atoms with van der Waals surface area (Å²) in [5.41, 5.74) is 2.67. The molecule has 0 atom stereocenters. The summed E-state index contributed by atoms with van der Waals surface area (Å²) < 4.78 is 22.0. The molecule has 2 aromatic carbocycles. The fraction of sp³-hybridized carbons (Fsp3) is 0.150. The van der Waals surface area contributed by atoms with Crippen LogP contribution >= 0.6 is 0 Å². The van der Waals surface area contributed by atoms with Gasteiger partial charge in [-0.1, -0.05) is 30.3 Å². The van der Waals surface area contributed by atoms with Crippen LogP contribution in [0, 0.1) is 0 Å². The molecule has 7 heteroatoms. The number of nitrogens with one attached hydrogen (secondary N) is 1. The van der Waals surface area contributed by atoms with E-state index in [2.05, 4.69) is 4.98 Å². The fourth-order valence-corrected chi connectivity index (χ4v) is 3.27. The molecule has 0 radical (unpaired) electrons. The molecule has 1 aromatic heterocycles.